The van der Waals surface area contributed by atoms with Crippen LogP contribution in [0.1, 0.15) is 6.92 Å². The van der Waals surface area contributed by atoms with Gasteiger partial charge in [0.25, 0.3) is 10.0 Å². The first-order valence-corrected chi connectivity index (χ1v) is 7.46. The highest BCUT2D eigenvalue weighted by molar-refractivity contribution is 7.93. The van der Waals surface area contributed by atoms with Gasteiger partial charge in [-0.25, -0.2) is 8.42 Å². The van der Waals surface area contributed by atoms with Crippen LogP contribution in [0.3, 0.4) is 0 Å². The van der Waals surface area contributed by atoms with Crippen molar-refractivity contribution < 1.29 is 13.2 Å². The standard InChI is InChI=1S/C10H10N4O3S2/c1-7(15)11-9-12-13-10(18-9)14-19(16,17)8-5-3-2-4-6-8/h2-6H,1H3,(H,13,14)(H,11,12,15). The molecular formula is C10H10N4O3S2. The number of anilines is 2. The normalized spacial score (nSPS) is 11.0. The van der Waals surface area contributed by atoms with Crippen molar-refractivity contribution in [1.82, 2.24) is 10.2 Å². The number of hydrogen-bond donors (Lipinski definition) is 2. The van der Waals surface area contributed by atoms with Crippen molar-refractivity contribution in [2.75, 3.05) is 10.0 Å². The Hall–Kier alpha value is -2.00. The Bertz CT molecular complexity index is 682. The molecular weight excluding hydrogens is 288 g/mol. The van der Waals surface area contributed by atoms with Crippen LogP contribution in [0, 0.1) is 0 Å². The van der Waals surface area contributed by atoms with Gasteiger partial charge in [0.1, 0.15) is 0 Å². The molecule has 0 fully saturated rings. The summed E-state index contributed by atoms with van der Waals surface area (Å²) in [5, 5.41) is 10.0. The number of carbonyl (C=O) groups excluding carboxylic acids is 1. The molecule has 0 radical (unpaired) electrons. The summed E-state index contributed by atoms with van der Waals surface area (Å²) < 4.78 is 26.2. The lowest BCUT2D eigenvalue weighted by Gasteiger charge is -2.03. The molecule has 0 saturated carbocycles. The van der Waals surface area contributed by atoms with Crippen molar-refractivity contribution in [1.29, 1.82) is 0 Å². The maximum atomic E-state index is 12.0. The van der Waals surface area contributed by atoms with E-state index in [1.807, 2.05) is 0 Å². The van der Waals surface area contributed by atoms with Crippen molar-refractivity contribution in [3.8, 4) is 0 Å². The van der Waals surface area contributed by atoms with Gasteiger partial charge in [0, 0.05) is 6.92 Å². The Kier molecular flexibility index (Phi) is 3.76. The van der Waals surface area contributed by atoms with E-state index in [2.05, 4.69) is 20.2 Å². The van der Waals surface area contributed by atoms with E-state index in [0.717, 1.165) is 11.3 Å². The summed E-state index contributed by atoms with van der Waals surface area (Å²) in [4.78, 5) is 10.9. The highest BCUT2D eigenvalue weighted by Crippen LogP contribution is 2.22. The predicted octanol–water partition coefficient (Wildman–Crippen LogP) is 1.30. The third kappa shape index (κ3) is 3.48. The average molecular weight is 298 g/mol. The lowest BCUT2D eigenvalue weighted by atomic mass is 10.4. The Labute approximate surface area is 113 Å². The van der Waals surface area contributed by atoms with E-state index in [1.54, 1.807) is 18.2 Å². The van der Waals surface area contributed by atoms with Crippen LogP contribution in [0.5, 0.6) is 0 Å². The Morgan fingerprint density at radius 2 is 1.79 bits per heavy atom. The molecule has 0 aliphatic heterocycles. The van der Waals surface area contributed by atoms with Gasteiger partial charge >= 0.3 is 0 Å². The van der Waals surface area contributed by atoms with Crippen LogP contribution in [0.25, 0.3) is 0 Å². The van der Waals surface area contributed by atoms with Crippen molar-refractivity contribution >= 4 is 37.5 Å². The molecule has 0 spiro atoms. The third-order valence-electron chi connectivity index (χ3n) is 1.98. The first-order chi connectivity index (χ1) is 8.97. The summed E-state index contributed by atoms with van der Waals surface area (Å²) in [5.41, 5.74) is 0. The summed E-state index contributed by atoms with van der Waals surface area (Å²) in [6.07, 6.45) is 0. The summed E-state index contributed by atoms with van der Waals surface area (Å²) in [7, 11) is -3.68. The fourth-order valence-electron chi connectivity index (χ4n) is 1.24. The molecule has 0 aliphatic carbocycles. The molecule has 1 aromatic carbocycles. The molecule has 1 amide bonds. The summed E-state index contributed by atoms with van der Waals surface area (Å²) >= 11 is 0.938. The average Bonchev–Trinajstić information content (AvgIpc) is 2.76. The molecule has 0 saturated heterocycles. The van der Waals surface area contributed by atoms with Gasteiger partial charge in [-0.3, -0.25) is 9.52 Å². The summed E-state index contributed by atoms with van der Waals surface area (Å²) in [6.45, 7) is 1.33. The summed E-state index contributed by atoms with van der Waals surface area (Å²) in [6, 6.07) is 7.91. The largest absolute Gasteiger partial charge is 0.301 e. The van der Waals surface area contributed by atoms with E-state index in [1.165, 1.54) is 19.1 Å². The molecule has 19 heavy (non-hydrogen) atoms. The lowest BCUT2D eigenvalue weighted by Crippen LogP contribution is -2.12. The van der Waals surface area contributed by atoms with Gasteiger partial charge in [-0.15, -0.1) is 10.2 Å². The maximum Gasteiger partial charge on any atom is 0.263 e. The van der Waals surface area contributed by atoms with Gasteiger partial charge in [-0.2, -0.15) is 0 Å². The lowest BCUT2D eigenvalue weighted by molar-refractivity contribution is -0.114. The first-order valence-electron chi connectivity index (χ1n) is 5.16. The van der Waals surface area contributed by atoms with Crippen LogP contribution in [0.15, 0.2) is 35.2 Å². The number of hydrogen-bond acceptors (Lipinski definition) is 6. The van der Waals surface area contributed by atoms with Crippen molar-refractivity contribution in [3.63, 3.8) is 0 Å². The second-order valence-electron chi connectivity index (χ2n) is 3.51. The Balaban J connectivity index is 2.17. The number of nitrogens with zero attached hydrogens (tertiary/aromatic N) is 2. The summed E-state index contributed by atoms with van der Waals surface area (Å²) in [5.74, 6) is -0.298. The molecule has 7 nitrogen and oxygen atoms in total. The van der Waals surface area contributed by atoms with Gasteiger partial charge in [-0.05, 0) is 12.1 Å². The van der Waals surface area contributed by atoms with Crippen LogP contribution >= 0.6 is 11.3 Å². The van der Waals surface area contributed by atoms with Crippen molar-refractivity contribution in [2.45, 2.75) is 11.8 Å². The highest BCUT2D eigenvalue weighted by Gasteiger charge is 2.16. The van der Waals surface area contributed by atoms with Gasteiger partial charge in [0.05, 0.1) is 4.90 Å². The monoisotopic (exact) mass is 298 g/mol. The van der Waals surface area contributed by atoms with Gasteiger partial charge < -0.3 is 5.32 Å². The molecule has 2 rings (SSSR count). The van der Waals surface area contributed by atoms with E-state index in [4.69, 9.17) is 0 Å². The zero-order valence-corrected chi connectivity index (χ0v) is 11.5. The number of nitrogens with one attached hydrogen (secondary N) is 2. The van der Waals surface area contributed by atoms with Crippen LogP contribution < -0.4 is 10.0 Å². The minimum atomic E-state index is -3.68. The van der Waals surface area contributed by atoms with Gasteiger partial charge in [0.15, 0.2) is 0 Å². The van der Waals surface area contributed by atoms with Crippen LogP contribution in [0.4, 0.5) is 10.3 Å². The molecule has 0 unspecified atom stereocenters. The topological polar surface area (TPSA) is 101 Å². The highest BCUT2D eigenvalue weighted by atomic mass is 32.2. The smallest absolute Gasteiger partial charge is 0.263 e. The molecule has 2 N–H and O–H groups in total. The maximum absolute atomic E-state index is 12.0. The number of aromatic nitrogens is 2. The Morgan fingerprint density at radius 3 is 2.42 bits per heavy atom. The zero-order chi connectivity index (χ0) is 13.9. The molecule has 2 aromatic rings. The van der Waals surface area contributed by atoms with E-state index in [9.17, 15) is 13.2 Å². The number of carbonyl (C=O) groups is 1. The second-order valence-corrected chi connectivity index (χ2v) is 6.17. The molecule has 0 atom stereocenters. The van der Waals surface area contributed by atoms with Gasteiger partial charge in [0.2, 0.25) is 16.2 Å². The SMILES string of the molecule is CC(=O)Nc1nnc(NS(=O)(=O)c2ccccc2)s1. The number of benzene rings is 1. The van der Waals surface area contributed by atoms with Crippen molar-refractivity contribution in [3.05, 3.63) is 30.3 Å². The molecule has 0 bridgehead atoms. The first kappa shape index (κ1) is 13.4. The molecule has 1 heterocycles. The van der Waals surface area contributed by atoms with Gasteiger partial charge in [-0.1, -0.05) is 29.5 Å². The molecule has 100 valence electrons. The fraction of sp³-hybridized carbons (Fsp3) is 0.100. The number of sulfonamides is 1. The zero-order valence-electron chi connectivity index (χ0n) is 9.82. The number of rotatable bonds is 4. The third-order valence-corrected chi connectivity index (χ3v) is 4.22. The molecule has 9 heteroatoms. The second kappa shape index (κ2) is 5.33. The minimum absolute atomic E-state index is 0.0904. The van der Waals surface area contributed by atoms with Crippen LogP contribution in [-0.2, 0) is 14.8 Å². The minimum Gasteiger partial charge on any atom is -0.301 e. The van der Waals surface area contributed by atoms with E-state index in [-0.39, 0.29) is 21.1 Å². The Morgan fingerprint density at radius 1 is 1.16 bits per heavy atom. The molecule has 0 aliphatic rings. The number of amides is 1. The van der Waals surface area contributed by atoms with Crippen LogP contribution in [0.2, 0.25) is 0 Å². The van der Waals surface area contributed by atoms with Crippen molar-refractivity contribution in [2.24, 2.45) is 0 Å². The molecule has 1 aromatic heterocycles. The predicted molar refractivity (Wildman–Crippen MR) is 71.5 cm³/mol. The van der Waals surface area contributed by atoms with Crippen LogP contribution in [-0.4, -0.2) is 24.5 Å². The quantitative estimate of drug-likeness (QED) is 0.886. The van der Waals surface area contributed by atoms with E-state index >= 15 is 0 Å². The van der Waals surface area contributed by atoms with E-state index in [0.29, 0.717) is 0 Å². The van der Waals surface area contributed by atoms with E-state index < -0.39 is 10.0 Å². The fourth-order valence-corrected chi connectivity index (χ4v) is 3.18.